The van der Waals surface area contributed by atoms with Crippen LogP contribution in [-0.4, -0.2) is 51.4 Å². The van der Waals surface area contributed by atoms with E-state index in [1.54, 1.807) is 0 Å². The monoisotopic (exact) mass is 414 g/mol. The largest absolute Gasteiger partial charge is 0.472 e. The quantitative estimate of drug-likeness (QED) is 0.431. The van der Waals surface area contributed by atoms with Crippen molar-refractivity contribution >= 4 is 77.4 Å². The average Bonchev–Trinajstić information content (AvgIpc) is 2.40. The van der Waals surface area contributed by atoms with Crippen molar-refractivity contribution in [3.8, 4) is 0 Å². The first kappa shape index (κ1) is 20.9. The summed E-state index contributed by atoms with van der Waals surface area (Å²) in [7, 11) is -4.27. The van der Waals surface area contributed by atoms with Crippen LogP contribution in [0.2, 0.25) is 0 Å². The molecule has 0 aromatic heterocycles. The molecule has 0 aromatic carbocycles. The summed E-state index contributed by atoms with van der Waals surface area (Å²) in [5, 5.41) is -2.63. The molecule has 4 atom stereocenters. The highest BCUT2D eigenvalue weighted by Crippen LogP contribution is 2.44. The maximum Gasteiger partial charge on any atom is 0.472 e. The van der Waals surface area contributed by atoms with E-state index < -0.39 is 29.3 Å². The standard InChI is InChI=1S/C8H13Cl6O4P/c9-1-5(11)7(13)3-17-19(15,16)18-4-8(14)6(12)2-10/h5-8H,1-4H2,(H,15,16). The lowest BCUT2D eigenvalue weighted by atomic mass is 10.3. The number of rotatable bonds is 10. The molecule has 0 saturated heterocycles. The third-order valence-electron chi connectivity index (χ3n) is 1.87. The molecule has 0 aromatic rings. The van der Waals surface area contributed by atoms with Gasteiger partial charge in [-0.1, -0.05) is 0 Å². The molecule has 0 aliphatic rings. The van der Waals surface area contributed by atoms with Crippen molar-refractivity contribution < 1.29 is 18.5 Å². The van der Waals surface area contributed by atoms with Gasteiger partial charge in [0.15, 0.2) is 0 Å². The van der Waals surface area contributed by atoms with Crippen LogP contribution in [0, 0.1) is 0 Å². The highest BCUT2D eigenvalue weighted by atomic mass is 35.5. The number of phosphoric acid groups is 1. The minimum absolute atomic E-state index is 0.0864. The molecule has 1 N–H and O–H groups in total. The van der Waals surface area contributed by atoms with Crippen molar-refractivity contribution in [1.29, 1.82) is 0 Å². The Morgan fingerprint density at radius 3 is 1.42 bits per heavy atom. The van der Waals surface area contributed by atoms with Crippen LogP contribution in [0.25, 0.3) is 0 Å². The van der Waals surface area contributed by atoms with E-state index in [0.29, 0.717) is 0 Å². The molecule has 116 valence electrons. The van der Waals surface area contributed by atoms with Gasteiger partial charge in [-0.15, -0.1) is 69.6 Å². The second kappa shape index (κ2) is 10.6. The highest BCUT2D eigenvalue weighted by molar-refractivity contribution is 7.47. The predicted molar refractivity (Wildman–Crippen MR) is 81.7 cm³/mol. The average molecular weight is 417 g/mol. The molecule has 0 radical (unpaired) electrons. The van der Waals surface area contributed by atoms with Crippen molar-refractivity contribution in [3.05, 3.63) is 0 Å². The van der Waals surface area contributed by atoms with Crippen LogP contribution < -0.4 is 0 Å². The van der Waals surface area contributed by atoms with Crippen molar-refractivity contribution in [2.45, 2.75) is 21.5 Å². The molecule has 0 amide bonds. The molecule has 0 fully saturated rings. The molecule has 0 heterocycles. The summed E-state index contributed by atoms with van der Waals surface area (Å²) >= 11 is 33.9. The van der Waals surface area contributed by atoms with Gasteiger partial charge >= 0.3 is 7.82 Å². The molecule has 4 unspecified atom stereocenters. The summed E-state index contributed by atoms with van der Waals surface area (Å²) in [5.41, 5.74) is 0. The van der Waals surface area contributed by atoms with E-state index >= 15 is 0 Å². The molecule has 0 aliphatic heterocycles. The van der Waals surface area contributed by atoms with E-state index in [4.69, 9.17) is 69.6 Å². The van der Waals surface area contributed by atoms with E-state index in [-0.39, 0.29) is 25.0 Å². The fraction of sp³-hybridized carbons (Fsp3) is 1.00. The van der Waals surface area contributed by atoms with Gasteiger partial charge in [-0.3, -0.25) is 9.05 Å². The van der Waals surface area contributed by atoms with Gasteiger partial charge in [0.05, 0.1) is 34.7 Å². The predicted octanol–water partition coefficient (Wildman–Crippen LogP) is 4.03. The zero-order valence-corrected chi connectivity index (χ0v) is 15.0. The second-order valence-corrected chi connectivity index (χ2v) is 7.75. The summed E-state index contributed by atoms with van der Waals surface area (Å²) < 4.78 is 20.8. The molecule has 0 saturated carbocycles. The first-order valence-electron chi connectivity index (χ1n) is 5.03. The lowest BCUT2D eigenvalue weighted by Crippen LogP contribution is -2.24. The van der Waals surface area contributed by atoms with Gasteiger partial charge in [-0.25, -0.2) is 4.57 Å². The third-order valence-corrected chi connectivity index (χ3v) is 5.84. The molecule has 0 spiro atoms. The van der Waals surface area contributed by atoms with Crippen LogP contribution in [0.1, 0.15) is 0 Å². The van der Waals surface area contributed by atoms with E-state index in [0.717, 1.165) is 0 Å². The Bertz CT molecular complexity index is 272. The highest BCUT2D eigenvalue weighted by Gasteiger charge is 2.27. The van der Waals surface area contributed by atoms with Gasteiger partial charge in [0.1, 0.15) is 0 Å². The number of phosphoric ester groups is 1. The maximum atomic E-state index is 11.5. The molecule has 19 heavy (non-hydrogen) atoms. The van der Waals surface area contributed by atoms with Crippen LogP contribution >= 0.6 is 77.4 Å². The molecular weight excluding hydrogens is 404 g/mol. The Morgan fingerprint density at radius 2 is 1.16 bits per heavy atom. The summed E-state index contributed by atoms with van der Waals surface area (Å²) in [6, 6.07) is 0. The minimum Gasteiger partial charge on any atom is -0.302 e. The Hall–Kier alpha value is 1.85. The second-order valence-electron chi connectivity index (χ2n) is 3.43. The first-order valence-corrected chi connectivity index (χ1v) is 9.34. The fourth-order valence-electron chi connectivity index (χ4n) is 0.770. The Balaban J connectivity index is 4.08. The SMILES string of the molecule is O=P(O)(OCC(Cl)C(Cl)CCl)OCC(Cl)C(Cl)CCl. The van der Waals surface area contributed by atoms with Crippen molar-refractivity contribution in [2.75, 3.05) is 25.0 Å². The van der Waals surface area contributed by atoms with Gasteiger partial charge in [0.25, 0.3) is 0 Å². The van der Waals surface area contributed by atoms with Gasteiger partial charge in [-0.2, -0.15) is 0 Å². The van der Waals surface area contributed by atoms with E-state index in [1.165, 1.54) is 0 Å². The van der Waals surface area contributed by atoms with Gasteiger partial charge in [0, 0.05) is 11.8 Å². The number of alkyl halides is 6. The Kier molecular flexibility index (Phi) is 11.6. The molecule has 4 nitrogen and oxygen atoms in total. The van der Waals surface area contributed by atoms with Crippen molar-refractivity contribution in [3.63, 3.8) is 0 Å². The number of hydrogen-bond acceptors (Lipinski definition) is 3. The molecular formula is C8H13Cl6O4P. The molecule has 11 heteroatoms. The molecule has 0 rings (SSSR count). The van der Waals surface area contributed by atoms with E-state index in [2.05, 4.69) is 9.05 Å². The first-order chi connectivity index (χ1) is 8.73. The van der Waals surface area contributed by atoms with Gasteiger partial charge < -0.3 is 4.89 Å². The number of hydrogen-bond donors (Lipinski definition) is 1. The van der Waals surface area contributed by atoms with Gasteiger partial charge in [0.2, 0.25) is 0 Å². The maximum absolute atomic E-state index is 11.5. The molecule has 0 bridgehead atoms. The lowest BCUT2D eigenvalue weighted by molar-refractivity contribution is 0.149. The van der Waals surface area contributed by atoms with Crippen LogP contribution in [0.4, 0.5) is 0 Å². The van der Waals surface area contributed by atoms with E-state index in [9.17, 15) is 9.46 Å². The van der Waals surface area contributed by atoms with Crippen LogP contribution in [0.15, 0.2) is 0 Å². The summed E-state index contributed by atoms with van der Waals surface area (Å²) in [4.78, 5) is 9.36. The fourth-order valence-corrected chi connectivity index (χ4v) is 2.78. The van der Waals surface area contributed by atoms with Crippen LogP contribution in [0.5, 0.6) is 0 Å². The topological polar surface area (TPSA) is 55.8 Å². The normalized spacial score (nSPS) is 21.4. The minimum atomic E-state index is -4.27. The van der Waals surface area contributed by atoms with E-state index in [1.807, 2.05) is 0 Å². The lowest BCUT2D eigenvalue weighted by Gasteiger charge is -2.19. The summed E-state index contributed by atoms with van der Waals surface area (Å²) in [5.74, 6) is 0.173. The van der Waals surface area contributed by atoms with Crippen molar-refractivity contribution in [2.24, 2.45) is 0 Å². The summed E-state index contributed by atoms with van der Waals surface area (Å²) in [6.07, 6.45) is 0. The third kappa shape index (κ3) is 9.46. The Morgan fingerprint density at radius 1 is 0.842 bits per heavy atom. The van der Waals surface area contributed by atoms with Crippen LogP contribution in [0.3, 0.4) is 0 Å². The Labute approximate surface area is 142 Å². The summed E-state index contributed by atoms with van der Waals surface area (Å²) in [6.45, 7) is -0.577. The van der Waals surface area contributed by atoms with Crippen molar-refractivity contribution in [1.82, 2.24) is 0 Å². The van der Waals surface area contributed by atoms with Gasteiger partial charge in [-0.05, 0) is 0 Å². The zero-order valence-electron chi connectivity index (χ0n) is 9.52. The van der Waals surface area contributed by atoms with Crippen LogP contribution in [-0.2, 0) is 13.6 Å². The zero-order chi connectivity index (χ0) is 15.1. The molecule has 0 aliphatic carbocycles. The smallest absolute Gasteiger partial charge is 0.302 e. The number of halogens is 6.